The van der Waals surface area contributed by atoms with E-state index in [9.17, 15) is 9.90 Å². The Bertz CT molecular complexity index is 182. The van der Waals surface area contributed by atoms with Gasteiger partial charge in [-0.15, -0.1) is 0 Å². The number of piperidine rings is 1. The molecule has 1 aliphatic rings. The van der Waals surface area contributed by atoms with E-state index >= 15 is 0 Å². The first-order valence-corrected chi connectivity index (χ1v) is 5.55. The Labute approximate surface area is 86.1 Å². The largest absolute Gasteiger partial charge is 0.396 e. The molecule has 1 rings (SSSR count). The van der Waals surface area contributed by atoms with Crippen LogP contribution in [0.4, 0.5) is 0 Å². The highest BCUT2D eigenvalue weighted by Gasteiger charge is 2.25. The van der Waals surface area contributed by atoms with Gasteiger partial charge in [0.15, 0.2) is 0 Å². The molecule has 1 heterocycles. The summed E-state index contributed by atoms with van der Waals surface area (Å²) < 4.78 is 0. The average Bonchev–Trinajstić information content (AvgIpc) is 2.20. The van der Waals surface area contributed by atoms with Crippen LogP contribution in [0, 0.1) is 11.8 Å². The second-order valence-corrected chi connectivity index (χ2v) is 4.19. The van der Waals surface area contributed by atoms with Gasteiger partial charge in [0.25, 0.3) is 0 Å². The molecule has 0 bridgehead atoms. The standard InChI is InChI=1S/C11H21NO2/c1-3-10(8-13)11-4-6-12(7-5-11)9(2)14/h10-11,13H,3-8H2,1-2H3. The van der Waals surface area contributed by atoms with Gasteiger partial charge in [0.1, 0.15) is 0 Å². The summed E-state index contributed by atoms with van der Waals surface area (Å²) >= 11 is 0. The Kier molecular flexibility index (Phi) is 4.39. The average molecular weight is 199 g/mol. The highest BCUT2D eigenvalue weighted by molar-refractivity contribution is 5.73. The van der Waals surface area contributed by atoms with E-state index in [0.29, 0.717) is 18.4 Å². The first-order valence-electron chi connectivity index (χ1n) is 5.55. The summed E-state index contributed by atoms with van der Waals surface area (Å²) in [5.41, 5.74) is 0. The second-order valence-electron chi connectivity index (χ2n) is 4.19. The van der Waals surface area contributed by atoms with Crippen LogP contribution in [0.15, 0.2) is 0 Å². The summed E-state index contributed by atoms with van der Waals surface area (Å²) in [6.07, 6.45) is 3.15. The molecule has 1 N–H and O–H groups in total. The van der Waals surface area contributed by atoms with Gasteiger partial charge in [-0.3, -0.25) is 4.79 Å². The van der Waals surface area contributed by atoms with Crippen molar-refractivity contribution in [3.05, 3.63) is 0 Å². The van der Waals surface area contributed by atoms with Gasteiger partial charge in [-0.1, -0.05) is 13.3 Å². The molecule has 1 aliphatic heterocycles. The summed E-state index contributed by atoms with van der Waals surface area (Å²) in [7, 11) is 0. The third-order valence-electron chi connectivity index (χ3n) is 3.41. The fourth-order valence-corrected chi connectivity index (χ4v) is 2.30. The molecule has 82 valence electrons. The summed E-state index contributed by atoms with van der Waals surface area (Å²) in [4.78, 5) is 13.0. The van der Waals surface area contributed by atoms with Crippen LogP contribution in [-0.4, -0.2) is 35.6 Å². The van der Waals surface area contributed by atoms with Gasteiger partial charge in [-0.05, 0) is 24.7 Å². The summed E-state index contributed by atoms with van der Waals surface area (Å²) in [6, 6.07) is 0. The Morgan fingerprint density at radius 2 is 2.07 bits per heavy atom. The third kappa shape index (κ3) is 2.71. The monoisotopic (exact) mass is 199 g/mol. The zero-order valence-corrected chi connectivity index (χ0v) is 9.20. The molecule has 0 aromatic heterocycles. The van der Waals surface area contributed by atoms with Crippen molar-refractivity contribution in [2.75, 3.05) is 19.7 Å². The van der Waals surface area contributed by atoms with Gasteiger partial charge in [0.05, 0.1) is 0 Å². The van der Waals surface area contributed by atoms with E-state index in [2.05, 4.69) is 6.92 Å². The minimum Gasteiger partial charge on any atom is -0.396 e. The van der Waals surface area contributed by atoms with E-state index < -0.39 is 0 Å². The molecule has 1 fully saturated rings. The lowest BCUT2D eigenvalue weighted by Crippen LogP contribution is -2.39. The molecule has 1 unspecified atom stereocenters. The van der Waals surface area contributed by atoms with Gasteiger partial charge in [-0.25, -0.2) is 0 Å². The maximum atomic E-state index is 11.1. The zero-order valence-electron chi connectivity index (χ0n) is 9.20. The minimum atomic E-state index is 0.181. The maximum Gasteiger partial charge on any atom is 0.219 e. The third-order valence-corrected chi connectivity index (χ3v) is 3.41. The van der Waals surface area contributed by atoms with Crippen molar-refractivity contribution >= 4 is 5.91 Å². The van der Waals surface area contributed by atoms with Crippen molar-refractivity contribution < 1.29 is 9.90 Å². The Morgan fingerprint density at radius 1 is 1.50 bits per heavy atom. The fraction of sp³-hybridized carbons (Fsp3) is 0.909. The summed E-state index contributed by atoms with van der Waals surface area (Å²) in [5, 5.41) is 9.17. The molecule has 1 saturated heterocycles. The number of hydrogen-bond donors (Lipinski definition) is 1. The first-order chi connectivity index (χ1) is 6.69. The van der Waals surface area contributed by atoms with E-state index in [1.807, 2.05) is 4.90 Å². The van der Waals surface area contributed by atoms with E-state index in [4.69, 9.17) is 0 Å². The van der Waals surface area contributed by atoms with Crippen molar-refractivity contribution in [3.8, 4) is 0 Å². The number of carbonyl (C=O) groups is 1. The number of aliphatic hydroxyl groups excluding tert-OH is 1. The minimum absolute atomic E-state index is 0.181. The van der Waals surface area contributed by atoms with Crippen LogP contribution in [0.2, 0.25) is 0 Å². The van der Waals surface area contributed by atoms with Crippen LogP contribution in [0.5, 0.6) is 0 Å². The van der Waals surface area contributed by atoms with Crippen LogP contribution in [0.25, 0.3) is 0 Å². The highest BCUT2D eigenvalue weighted by Crippen LogP contribution is 2.26. The lowest BCUT2D eigenvalue weighted by atomic mass is 9.83. The molecule has 14 heavy (non-hydrogen) atoms. The lowest BCUT2D eigenvalue weighted by molar-refractivity contribution is -0.130. The molecule has 3 nitrogen and oxygen atoms in total. The number of amides is 1. The van der Waals surface area contributed by atoms with E-state index in [-0.39, 0.29) is 5.91 Å². The predicted octanol–water partition coefficient (Wildman–Crippen LogP) is 1.26. The first kappa shape index (κ1) is 11.5. The molecule has 0 spiro atoms. The van der Waals surface area contributed by atoms with Crippen LogP contribution in [0.3, 0.4) is 0 Å². The molecule has 0 aromatic carbocycles. The molecule has 0 aromatic rings. The number of aliphatic hydroxyl groups is 1. The number of likely N-dealkylation sites (tertiary alicyclic amines) is 1. The Morgan fingerprint density at radius 3 is 2.43 bits per heavy atom. The molecular weight excluding hydrogens is 178 g/mol. The highest BCUT2D eigenvalue weighted by atomic mass is 16.3. The van der Waals surface area contributed by atoms with Crippen LogP contribution in [-0.2, 0) is 4.79 Å². The maximum absolute atomic E-state index is 11.1. The molecule has 0 saturated carbocycles. The van der Waals surface area contributed by atoms with Gasteiger partial charge >= 0.3 is 0 Å². The topological polar surface area (TPSA) is 40.5 Å². The van der Waals surface area contributed by atoms with Crippen LogP contribution >= 0.6 is 0 Å². The predicted molar refractivity (Wildman–Crippen MR) is 55.8 cm³/mol. The summed E-state index contributed by atoms with van der Waals surface area (Å²) in [6.45, 7) is 5.79. The van der Waals surface area contributed by atoms with E-state index in [1.165, 1.54) is 0 Å². The SMILES string of the molecule is CCC(CO)C1CCN(C(C)=O)CC1. The van der Waals surface area contributed by atoms with Gasteiger partial charge in [0.2, 0.25) is 5.91 Å². The van der Waals surface area contributed by atoms with Gasteiger partial charge < -0.3 is 10.0 Å². The van der Waals surface area contributed by atoms with Crippen LogP contribution < -0.4 is 0 Å². The molecular formula is C11H21NO2. The van der Waals surface area contributed by atoms with E-state index in [0.717, 1.165) is 32.4 Å². The normalized spacial score (nSPS) is 20.9. The smallest absolute Gasteiger partial charge is 0.219 e. The zero-order chi connectivity index (χ0) is 10.6. The number of carbonyl (C=O) groups excluding carboxylic acids is 1. The van der Waals surface area contributed by atoms with Crippen molar-refractivity contribution in [2.24, 2.45) is 11.8 Å². The number of rotatable bonds is 3. The molecule has 0 aliphatic carbocycles. The lowest BCUT2D eigenvalue weighted by Gasteiger charge is -2.34. The fourth-order valence-electron chi connectivity index (χ4n) is 2.30. The Hall–Kier alpha value is -0.570. The Balaban J connectivity index is 2.38. The molecule has 3 heteroatoms. The van der Waals surface area contributed by atoms with Crippen molar-refractivity contribution in [2.45, 2.75) is 33.1 Å². The molecule has 0 radical (unpaired) electrons. The second kappa shape index (κ2) is 5.35. The molecule has 1 atom stereocenters. The summed E-state index contributed by atoms with van der Waals surface area (Å²) in [5.74, 6) is 1.23. The van der Waals surface area contributed by atoms with Crippen molar-refractivity contribution in [3.63, 3.8) is 0 Å². The van der Waals surface area contributed by atoms with E-state index in [1.54, 1.807) is 6.92 Å². The van der Waals surface area contributed by atoms with Crippen molar-refractivity contribution in [1.29, 1.82) is 0 Å². The number of nitrogens with zero attached hydrogens (tertiary/aromatic N) is 1. The van der Waals surface area contributed by atoms with Crippen molar-refractivity contribution in [1.82, 2.24) is 4.90 Å². The number of hydrogen-bond acceptors (Lipinski definition) is 2. The van der Waals surface area contributed by atoms with Gasteiger partial charge in [0, 0.05) is 26.6 Å². The quantitative estimate of drug-likeness (QED) is 0.743. The van der Waals surface area contributed by atoms with Gasteiger partial charge in [-0.2, -0.15) is 0 Å². The van der Waals surface area contributed by atoms with Crippen LogP contribution in [0.1, 0.15) is 33.1 Å². The molecule has 1 amide bonds.